The molecule has 0 aliphatic carbocycles. The number of amides is 1. The fourth-order valence-corrected chi connectivity index (χ4v) is 9.20. The molecule has 4 rings (SSSR count). The minimum absolute atomic E-state index is 0.445. The molecule has 3 nitrogen and oxygen atoms in total. The molecule has 1 amide bonds. The second-order valence-corrected chi connectivity index (χ2v) is 13.4. The van der Waals surface area contributed by atoms with Crippen LogP contribution in [0.15, 0.2) is 115 Å². The molecule has 1 N–H and O–H groups in total. The normalized spacial score (nSPS) is 12.1. The van der Waals surface area contributed by atoms with Crippen LogP contribution >= 0.6 is 7.26 Å². The van der Waals surface area contributed by atoms with Crippen LogP contribution in [0.5, 0.6) is 0 Å². The van der Waals surface area contributed by atoms with Crippen molar-refractivity contribution in [1.29, 1.82) is 0 Å². The van der Waals surface area contributed by atoms with Gasteiger partial charge in [-0.2, -0.15) is 0 Å². The van der Waals surface area contributed by atoms with Gasteiger partial charge in [0.05, 0.1) is 0 Å². The van der Waals surface area contributed by atoms with Crippen LogP contribution < -0.4 is 21.2 Å². The van der Waals surface area contributed by atoms with Crippen LogP contribution in [0.1, 0.15) is 26.3 Å². The Morgan fingerprint density at radius 3 is 1.74 bits per heavy atom. The SMILES string of the molecule is CC(C)(C)OC(=O)Nc1cccc([PH](Cc2ccccc2)(c2ccccc2)c2ccccc2)c1. The Bertz CT molecular complexity index is 1180. The van der Waals surface area contributed by atoms with Gasteiger partial charge in [-0.25, -0.2) is 0 Å². The van der Waals surface area contributed by atoms with Crippen molar-refractivity contribution < 1.29 is 9.53 Å². The van der Waals surface area contributed by atoms with Gasteiger partial charge < -0.3 is 0 Å². The Morgan fingerprint density at radius 1 is 0.706 bits per heavy atom. The van der Waals surface area contributed by atoms with Crippen molar-refractivity contribution in [2.75, 3.05) is 5.32 Å². The number of hydrogen-bond acceptors (Lipinski definition) is 2. The van der Waals surface area contributed by atoms with E-state index in [0.29, 0.717) is 0 Å². The first-order chi connectivity index (χ1) is 16.4. The van der Waals surface area contributed by atoms with Crippen LogP contribution in [0, 0.1) is 0 Å². The van der Waals surface area contributed by atoms with Gasteiger partial charge in [-0.05, 0) is 0 Å². The number of benzene rings is 4. The Hall–Kier alpha value is -3.42. The average molecular weight is 470 g/mol. The average Bonchev–Trinajstić information content (AvgIpc) is 2.83. The van der Waals surface area contributed by atoms with Crippen molar-refractivity contribution in [2.24, 2.45) is 0 Å². The molecule has 0 atom stereocenters. The first kappa shape index (κ1) is 23.7. The Labute approximate surface area is 203 Å². The summed E-state index contributed by atoms with van der Waals surface area (Å²) in [6, 6.07) is 40.5. The summed E-state index contributed by atoms with van der Waals surface area (Å²) in [5.41, 5.74) is 1.48. The number of ether oxygens (including phenoxy) is 1. The Balaban J connectivity index is 1.87. The third kappa shape index (κ3) is 5.55. The Morgan fingerprint density at radius 2 is 1.21 bits per heavy atom. The first-order valence-corrected chi connectivity index (χ1v) is 13.8. The van der Waals surface area contributed by atoms with Gasteiger partial charge in [-0.1, -0.05) is 0 Å². The molecule has 0 unspecified atom stereocenters. The van der Waals surface area contributed by atoms with E-state index in [0.717, 1.165) is 11.8 Å². The van der Waals surface area contributed by atoms with E-state index >= 15 is 0 Å². The van der Waals surface area contributed by atoms with E-state index in [1.807, 2.05) is 32.9 Å². The van der Waals surface area contributed by atoms with E-state index in [1.165, 1.54) is 21.5 Å². The third-order valence-electron chi connectivity index (χ3n) is 5.85. The van der Waals surface area contributed by atoms with Crippen LogP contribution in [0.25, 0.3) is 0 Å². The van der Waals surface area contributed by atoms with E-state index in [-0.39, 0.29) is 0 Å². The summed E-state index contributed by atoms with van der Waals surface area (Å²) in [7, 11) is -2.49. The van der Waals surface area contributed by atoms with Crippen LogP contribution in [0.2, 0.25) is 0 Å². The van der Waals surface area contributed by atoms with Crippen LogP contribution in [-0.2, 0) is 10.9 Å². The monoisotopic (exact) mass is 469 g/mol. The van der Waals surface area contributed by atoms with Gasteiger partial charge >= 0.3 is 203 Å². The number of hydrogen-bond donors (Lipinski definition) is 1. The number of anilines is 1. The van der Waals surface area contributed by atoms with Crippen molar-refractivity contribution >= 4 is 35.0 Å². The van der Waals surface area contributed by atoms with Gasteiger partial charge in [0.25, 0.3) is 0 Å². The molecular weight excluding hydrogens is 437 g/mol. The molecule has 0 spiro atoms. The molecule has 174 valence electrons. The van der Waals surface area contributed by atoms with Crippen molar-refractivity contribution in [2.45, 2.75) is 32.5 Å². The van der Waals surface area contributed by atoms with E-state index in [9.17, 15) is 4.79 Å². The zero-order valence-corrected chi connectivity index (χ0v) is 21.0. The molecule has 0 saturated carbocycles. The topological polar surface area (TPSA) is 38.3 Å². The summed E-state index contributed by atoms with van der Waals surface area (Å²) in [4.78, 5) is 12.5. The van der Waals surface area contributed by atoms with Crippen LogP contribution in [0.3, 0.4) is 0 Å². The minimum atomic E-state index is -2.49. The van der Waals surface area contributed by atoms with Crippen molar-refractivity contribution in [3.8, 4) is 0 Å². The van der Waals surface area contributed by atoms with Gasteiger partial charge in [-0.15, -0.1) is 0 Å². The van der Waals surface area contributed by atoms with E-state index < -0.39 is 19.0 Å². The van der Waals surface area contributed by atoms with Crippen molar-refractivity contribution in [1.82, 2.24) is 0 Å². The predicted octanol–water partition coefficient (Wildman–Crippen LogP) is 6.26. The number of nitrogens with one attached hydrogen (secondary N) is 1. The van der Waals surface area contributed by atoms with Gasteiger partial charge in [-0.3, -0.25) is 0 Å². The number of carbonyl (C=O) groups excluding carboxylic acids is 1. The fraction of sp³-hybridized carbons (Fsp3) is 0.167. The number of carbonyl (C=O) groups is 1. The zero-order chi connectivity index (χ0) is 24.0. The van der Waals surface area contributed by atoms with Crippen LogP contribution in [-0.4, -0.2) is 11.7 Å². The zero-order valence-electron chi connectivity index (χ0n) is 20.0. The van der Waals surface area contributed by atoms with Gasteiger partial charge in [0, 0.05) is 0 Å². The third-order valence-corrected chi connectivity index (χ3v) is 10.7. The number of rotatable bonds is 6. The molecule has 4 aromatic rings. The molecule has 4 aromatic carbocycles. The van der Waals surface area contributed by atoms with Crippen LogP contribution in [0.4, 0.5) is 10.5 Å². The second kappa shape index (κ2) is 10.2. The molecule has 0 radical (unpaired) electrons. The molecular formula is C30H32NO2P. The summed E-state index contributed by atoms with van der Waals surface area (Å²) in [6.07, 6.45) is 0.469. The summed E-state index contributed by atoms with van der Waals surface area (Å²) in [6.45, 7) is 5.60. The molecule has 0 fully saturated rings. The Kier molecular flexibility index (Phi) is 7.14. The van der Waals surface area contributed by atoms with Gasteiger partial charge in [0.2, 0.25) is 0 Å². The van der Waals surface area contributed by atoms with Crippen molar-refractivity contribution in [3.05, 3.63) is 121 Å². The van der Waals surface area contributed by atoms with Gasteiger partial charge in [0.15, 0.2) is 0 Å². The quantitative estimate of drug-likeness (QED) is 0.339. The summed E-state index contributed by atoms with van der Waals surface area (Å²) in [5, 5.41) is 6.84. The summed E-state index contributed by atoms with van der Waals surface area (Å²) < 4.78 is 5.49. The first-order valence-electron chi connectivity index (χ1n) is 11.6. The van der Waals surface area contributed by atoms with E-state index in [1.54, 1.807) is 0 Å². The molecule has 0 heterocycles. The predicted molar refractivity (Wildman–Crippen MR) is 147 cm³/mol. The second-order valence-electron chi connectivity index (χ2n) is 9.51. The molecule has 0 aliphatic heterocycles. The summed E-state index contributed by atoms with van der Waals surface area (Å²) in [5.74, 6) is 0. The maximum absolute atomic E-state index is 12.5. The summed E-state index contributed by atoms with van der Waals surface area (Å²) >= 11 is 0. The molecule has 0 bridgehead atoms. The van der Waals surface area contributed by atoms with E-state index in [2.05, 4.69) is 108 Å². The molecule has 0 aliphatic rings. The van der Waals surface area contributed by atoms with Gasteiger partial charge in [0.1, 0.15) is 0 Å². The van der Waals surface area contributed by atoms with E-state index in [4.69, 9.17) is 4.74 Å². The fourth-order valence-electron chi connectivity index (χ4n) is 4.44. The van der Waals surface area contributed by atoms with Crippen molar-refractivity contribution in [3.63, 3.8) is 0 Å². The molecule has 0 aromatic heterocycles. The molecule has 4 heteroatoms. The molecule has 0 saturated heterocycles. The maximum atomic E-state index is 12.5. The standard InChI is InChI=1S/C30H32NO2P/c1-30(2,3)33-29(32)31-25-16-13-21-28(22-25)34(26-17-9-5-10-18-26,27-19-11-6-12-20-27)23-24-14-7-4-8-15-24/h4-22,34H,23H2,1-3H3,(H,31,32). The molecule has 34 heavy (non-hydrogen) atoms.